The average Bonchev–Trinajstić information content (AvgIpc) is 2.94. The summed E-state index contributed by atoms with van der Waals surface area (Å²) in [5.41, 5.74) is 4.67. The van der Waals surface area contributed by atoms with Crippen molar-refractivity contribution in [2.45, 2.75) is 51.7 Å². The maximum absolute atomic E-state index is 12.7. The number of amides is 2. The number of carbonyl (C=O) groups is 1. The first-order valence-electron chi connectivity index (χ1n) is 13.0. The molecule has 8 nitrogen and oxygen atoms in total. The lowest BCUT2D eigenvalue weighted by atomic mass is 9.96. The zero-order valence-electron chi connectivity index (χ0n) is 21.6. The Morgan fingerprint density at radius 2 is 1.97 bits per heavy atom. The van der Waals surface area contributed by atoms with Crippen LogP contribution in [0.1, 0.15) is 48.9 Å². The number of pyridine rings is 2. The predicted octanol–water partition coefficient (Wildman–Crippen LogP) is 7.24. The molecule has 9 heteroatoms. The van der Waals surface area contributed by atoms with Crippen LogP contribution in [0, 0.1) is 18.3 Å². The van der Waals surface area contributed by atoms with Crippen LogP contribution in [0.4, 0.5) is 21.9 Å². The van der Waals surface area contributed by atoms with Gasteiger partial charge in [0.25, 0.3) is 0 Å². The number of urea groups is 1. The molecule has 5 rings (SSSR count). The first-order valence-corrected chi connectivity index (χ1v) is 13.4. The number of rotatable bonds is 7. The van der Waals surface area contributed by atoms with Gasteiger partial charge in [0.05, 0.1) is 27.5 Å². The minimum absolute atomic E-state index is 0.198. The number of carbonyl (C=O) groups excluding carboxylic acids is 1. The number of anilines is 3. The van der Waals surface area contributed by atoms with E-state index in [1.165, 1.54) is 6.42 Å². The lowest BCUT2D eigenvalue weighted by Crippen LogP contribution is -2.39. The summed E-state index contributed by atoms with van der Waals surface area (Å²) >= 11 is 6.52. The van der Waals surface area contributed by atoms with Crippen molar-refractivity contribution in [1.29, 1.82) is 5.26 Å². The van der Waals surface area contributed by atoms with Crippen LogP contribution < -0.4 is 20.7 Å². The number of aryl methyl sites for hydroxylation is 1. The summed E-state index contributed by atoms with van der Waals surface area (Å²) < 4.78 is 5.83. The Kier molecular flexibility index (Phi) is 8.09. The molecule has 1 aliphatic rings. The minimum atomic E-state index is -0.226. The Morgan fingerprint density at radius 1 is 1.13 bits per heavy atom. The molecule has 0 radical (unpaired) electrons. The van der Waals surface area contributed by atoms with Crippen molar-refractivity contribution in [2.75, 3.05) is 10.6 Å². The van der Waals surface area contributed by atoms with Crippen LogP contribution in [-0.4, -0.2) is 22.0 Å². The van der Waals surface area contributed by atoms with Crippen molar-refractivity contribution < 1.29 is 9.53 Å². The van der Waals surface area contributed by atoms with E-state index in [1.807, 2.05) is 43.3 Å². The van der Waals surface area contributed by atoms with Gasteiger partial charge in [0.2, 0.25) is 0 Å². The van der Waals surface area contributed by atoms with E-state index in [9.17, 15) is 10.1 Å². The fourth-order valence-electron chi connectivity index (χ4n) is 4.76. The molecule has 1 fully saturated rings. The molecule has 1 aliphatic carbocycles. The number of nitrogens with one attached hydrogen (secondary N) is 3. The fraction of sp³-hybridized carbons (Fsp3) is 0.267. The molecule has 0 aliphatic heterocycles. The summed E-state index contributed by atoms with van der Waals surface area (Å²) in [4.78, 5) is 21.5. The molecule has 198 valence electrons. The summed E-state index contributed by atoms with van der Waals surface area (Å²) in [5, 5.41) is 20.4. The Balaban J connectivity index is 1.38. The van der Waals surface area contributed by atoms with Gasteiger partial charge in [-0.1, -0.05) is 36.9 Å². The predicted molar refractivity (Wildman–Crippen MR) is 154 cm³/mol. The molecule has 0 saturated heterocycles. The maximum Gasteiger partial charge on any atom is 0.319 e. The molecule has 0 atom stereocenters. The topological polar surface area (TPSA) is 112 Å². The van der Waals surface area contributed by atoms with Gasteiger partial charge in [-0.05, 0) is 67.8 Å². The van der Waals surface area contributed by atoms with Crippen LogP contribution in [-0.2, 0) is 6.61 Å². The molecule has 2 aromatic heterocycles. The van der Waals surface area contributed by atoms with Gasteiger partial charge < -0.3 is 20.7 Å². The van der Waals surface area contributed by atoms with Gasteiger partial charge in [0, 0.05) is 35.2 Å². The van der Waals surface area contributed by atoms with Crippen LogP contribution in [0.15, 0.2) is 60.9 Å². The van der Waals surface area contributed by atoms with Crippen molar-refractivity contribution in [3.63, 3.8) is 0 Å². The molecule has 2 amide bonds. The zero-order chi connectivity index (χ0) is 27.2. The smallest absolute Gasteiger partial charge is 0.319 e. The average molecular weight is 541 g/mol. The third kappa shape index (κ3) is 6.39. The first-order chi connectivity index (χ1) is 19.0. The number of halogens is 1. The molecule has 0 bridgehead atoms. The molecule has 2 heterocycles. The molecule has 1 saturated carbocycles. The number of hydrogen-bond donors (Lipinski definition) is 3. The highest BCUT2D eigenvalue weighted by Crippen LogP contribution is 2.35. The van der Waals surface area contributed by atoms with Gasteiger partial charge in [-0.2, -0.15) is 5.26 Å². The molecule has 4 aromatic rings. The number of nitriles is 1. The number of nitrogens with zero attached hydrogens (tertiary/aromatic N) is 3. The van der Waals surface area contributed by atoms with Crippen molar-refractivity contribution in [3.8, 4) is 11.8 Å². The van der Waals surface area contributed by atoms with Crippen LogP contribution in [0.5, 0.6) is 5.75 Å². The van der Waals surface area contributed by atoms with Gasteiger partial charge in [-0.25, -0.2) is 4.79 Å². The normalized spacial score (nSPS) is 13.5. The molecule has 2 aromatic carbocycles. The molecule has 0 spiro atoms. The molecule has 3 N–H and O–H groups in total. The second-order valence-electron chi connectivity index (χ2n) is 9.66. The third-order valence-corrected chi connectivity index (χ3v) is 7.12. The largest absolute Gasteiger partial charge is 0.486 e. The second kappa shape index (κ2) is 12.0. The van der Waals surface area contributed by atoms with Gasteiger partial charge >= 0.3 is 6.03 Å². The van der Waals surface area contributed by atoms with Gasteiger partial charge in [-0.3, -0.25) is 9.97 Å². The SMILES string of the molecule is Cc1cc2ncc(C#N)c(Nc3ccc(OCc4ccccn4)c(Cl)c3)c2cc1NC(=O)NC1CCCCC1. The van der Waals surface area contributed by atoms with Crippen molar-refractivity contribution >= 4 is 45.6 Å². The van der Waals surface area contributed by atoms with Crippen molar-refractivity contribution in [3.05, 3.63) is 82.8 Å². The quantitative estimate of drug-likeness (QED) is 0.228. The summed E-state index contributed by atoms with van der Waals surface area (Å²) in [5.74, 6) is 0.527. The third-order valence-electron chi connectivity index (χ3n) is 6.83. The summed E-state index contributed by atoms with van der Waals surface area (Å²) in [7, 11) is 0. The van der Waals surface area contributed by atoms with E-state index in [2.05, 4.69) is 32.0 Å². The Bertz CT molecular complexity index is 1530. The van der Waals surface area contributed by atoms with E-state index in [1.54, 1.807) is 24.5 Å². The lowest BCUT2D eigenvalue weighted by Gasteiger charge is -2.23. The zero-order valence-corrected chi connectivity index (χ0v) is 22.4. The van der Waals surface area contributed by atoms with Gasteiger partial charge in [-0.15, -0.1) is 0 Å². The first kappa shape index (κ1) is 26.3. The number of benzene rings is 2. The molecule has 0 unspecified atom stereocenters. The standard InChI is InChI=1S/C30H29ClN6O2/c1-19-13-27-24(15-26(19)37-30(38)36-21-7-3-2-4-8-21)29(20(16-32)17-34-27)35-22-10-11-28(25(31)14-22)39-18-23-9-5-6-12-33-23/h5-6,9-15,17,21H,2-4,7-8,18H2,1H3,(H,34,35)(H2,36,37,38). The van der Waals surface area contributed by atoms with E-state index in [0.29, 0.717) is 50.9 Å². The minimum Gasteiger partial charge on any atom is -0.486 e. The maximum atomic E-state index is 12.7. The number of fused-ring (bicyclic) bond motifs is 1. The lowest BCUT2D eigenvalue weighted by molar-refractivity contribution is 0.244. The van der Waals surface area contributed by atoms with Gasteiger partial charge in [0.15, 0.2) is 0 Å². The number of ether oxygens (including phenoxy) is 1. The van der Waals surface area contributed by atoms with E-state index in [4.69, 9.17) is 16.3 Å². The van der Waals surface area contributed by atoms with E-state index >= 15 is 0 Å². The van der Waals surface area contributed by atoms with Crippen LogP contribution in [0.25, 0.3) is 10.9 Å². The van der Waals surface area contributed by atoms with E-state index in [-0.39, 0.29) is 12.1 Å². The highest BCUT2D eigenvalue weighted by atomic mass is 35.5. The number of aromatic nitrogens is 2. The summed E-state index contributed by atoms with van der Waals surface area (Å²) in [6.07, 6.45) is 8.76. The molecular weight excluding hydrogens is 512 g/mol. The van der Waals surface area contributed by atoms with Crippen molar-refractivity contribution in [2.24, 2.45) is 0 Å². The Hall–Kier alpha value is -4.35. The Labute approximate surface area is 232 Å². The van der Waals surface area contributed by atoms with Crippen LogP contribution >= 0.6 is 11.6 Å². The fourth-order valence-corrected chi connectivity index (χ4v) is 5.00. The highest BCUT2D eigenvalue weighted by molar-refractivity contribution is 6.32. The molecular formula is C30H29ClN6O2. The summed E-state index contributed by atoms with van der Waals surface area (Å²) in [6.45, 7) is 2.22. The van der Waals surface area contributed by atoms with Crippen LogP contribution in [0.3, 0.4) is 0 Å². The summed E-state index contributed by atoms with van der Waals surface area (Å²) in [6, 6.07) is 16.9. The number of hydrogen-bond acceptors (Lipinski definition) is 6. The van der Waals surface area contributed by atoms with E-state index < -0.39 is 0 Å². The highest BCUT2D eigenvalue weighted by Gasteiger charge is 2.18. The Morgan fingerprint density at radius 3 is 2.72 bits per heavy atom. The van der Waals surface area contributed by atoms with Crippen LogP contribution in [0.2, 0.25) is 5.02 Å². The second-order valence-corrected chi connectivity index (χ2v) is 10.1. The van der Waals surface area contributed by atoms with E-state index in [0.717, 1.165) is 36.9 Å². The monoisotopic (exact) mass is 540 g/mol. The van der Waals surface area contributed by atoms with Crippen molar-refractivity contribution in [1.82, 2.24) is 15.3 Å². The van der Waals surface area contributed by atoms with Gasteiger partial charge in [0.1, 0.15) is 18.4 Å². The molecule has 39 heavy (non-hydrogen) atoms.